The molecule has 1 amide bonds. The Morgan fingerprint density at radius 3 is 2.71 bits per heavy atom. The van der Waals surface area contributed by atoms with Gasteiger partial charge in [0.25, 0.3) is 0 Å². The molecule has 0 radical (unpaired) electrons. The number of ketones is 1. The maximum absolute atomic E-state index is 12.2. The van der Waals surface area contributed by atoms with Gasteiger partial charge in [0.2, 0.25) is 5.91 Å². The van der Waals surface area contributed by atoms with E-state index in [1.807, 2.05) is 32.9 Å². The number of nitrogens with one attached hydrogen (secondary N) is 1. The van der Waals surface area contributed by atoms with E-state index >= 15 is 0 Å². The number of anilines is 1. The monoisotopic (exact) mass is 328 g/mol. The Morgan fingerprint density at radius 2 is 2.08 bits per heavy atom. The van der Waals surface area contributed by atoms with Crippen LogP contribution in [0, 0.1) is 12.3 Å². The highest BCUT2D eigenvalue weighted by atomic mass is 16.3. The lowest BCUT2D eigenvalue weighted by Crippen LogP contribution is -2.26. The predicted molar refractivity (Wildman–Crippen MR) is 95.9 cm³/mol. The fraction of sp³-hybridized carbons (Fsp3) is 0.421. The molecule has 2 rings (SSSR count). The lowest BCUT2D eigenvalue weighted by Gasteiger charge is -2.28. The van der Waals surface area contributed by atoms with E-state index in [4.69, 9.17) is 0 Å². The average Bonchev–Trinajstić information content (AvgIpc) is 2.48. The van der Waals surface area contributed by atoms with Crippen LogP contribution in [0.15, 0.2) is 34.5 Å². The van der Waals surface area contributed by atoms with Crippen LogP contribution in [0.1, 0.15) is 45.6 Å². The van der Waals surface area contributed by atoms with E-state index in [1.165, 1.54) is 6.21 Å². The smallest absolute Gasteiger partial charge is 0.224 e. The SMILES string of the molecule is CCC(=O)Nc1cccc(N=CC2=C(O)CC(C)(C)CC2=O)c1C. The number of rotatable bonds is 4. The quantitative estimate of drug-likeness (QED) is 0.811. The second-order valence-electron chi connectivity index (χ2n) is 6.91. The minimum absolute atomic E-state index is 0.0655. The largest absolute Gasteiger partial charge is 0.511 e. The molecule has 0 aromatic heterocycles. The second kappa shape index (κ2) is 6.99. The summed E-state index contributed by atoms with van der Waals surface area (Å²) in [4.78, 5) is 28.1. The maximum atomic E-state index is 12.2. The van der Waals surface area contributed by atoms with Crippen LogP contribution in [-0.4, -0.2) is 23.0 Å². The fourth-order valence-corrected chi connectivity index (χ4v) is 2.72. The molecule has 24 heavy (non-hydrogen) atoms. The number of aliphatic hydroxyl groups excluding tert-OH is 1. The molecular formula is C19H24N2O3. The molecule has 5 heteroatoms. The summed E-state index contributed by atoms with van der Waals surface area (Å²) < 4.78 is 0. The number of aliphatic hydroxyl groups is 1. The molecule has 0 heterocycles. The van der Waals surface area contributed by atoms with Gasteiger partial charge in [0.1, 0.15) is 5.76 Å². The molecule has 0 bridgehead atoms. The average molecular weight is 328 g/mol. The van der Waals surface area contributed by atoms with Gasteiger partial charge in [0.15, 0.2) is 5.78 Å². The molecule has 0 aliphatic heterocycles. The lowest BCUT2D eigenvalue weighted by molar-refractivity contribution is -0.118. The molecule has 0 saturated heterocycles. The molecule has 5 nitrogen and oxygen atoms in total. The van der Waals surface area contributed by atoms with Gasteiger partial charge in [-0.25, -0.2) is 0 Å². The number of allylic oxidation sites excluding steroid dienone is 2. The van der Waals surface area contributed by atoms with Crippen LogP contribution in [0.4, 0.5) is 11.4 Å². The topological polar surface area (TPSA) is 78.8 Å². The maximum Gasteiger partial charge on any atom is 0.224 e. The highest BCUT2D eigenvalue weighted by Gasteiger charge is 2.32. The third kappa shape index (κ3) is 4.10. The third-order valence-corrected chi connectivity index (χ3v) is 4.13. The van der Waals surface area contributed by atoms with E-state index in [-0.39, 0.29) is 28.4 Å². The predicted octanol–water partition coefficient (Wildman–Crippen LogP) is 4.25. The molecule has 0 unspecified atom stereocenters. The van der Waals surface area contributed by atoms with Crippen molar-refractivity contribution in [2.24, 2.45) is 10.4 Å². The van der Waals surface area contributed by atoms with E-state index in [2.05, 4.69) is 10.3 Å². The Morgan fingerprint density at radius 1 is 1.38 bits per heavy atom. The van der Waals surface area contributed by atoms with Crippen molar-refractivity contribution in [1.29, 1.82) is 0 Å². The zero-order chi connectivity index (χ0) is 17.9. The Balaban J connectivity index is 2.28. The van der Waals surface area contributed by atoms with Crippen molar-refractivity contribution < 1.29 is 14.7 Å². The van der Waals surface area contributed by atoms with Crippen LogP contribution < -0.4 is 5.32 Å². The van der Waals surface area contributed by atoms with Gasteiger partial charge in [-0.15, -0.1) is 0 Å². The standard InChI is InChI=1S/C19H24N2O3/c1-5-18(24)21-15-8-6-7-14(12(15)2)20-11-13-16(22)9-19(3,4)10-17(13)23/h6-8,11,22H,5,9-10H2,1-4H3,(H,21,24). The van der Waals surface area contributed by atoms with Gasteiger partial charge in [-0.1, -0.05) is 26.8 Å². The van der Waals surface area contributed by atoms with Crippen molar-refractivity contribution in [2.45, 2.75) is 47.0 Å². The zero-order valence-corrected chi connectivity index (χ0v) is 14.6. The van der Waals surface area contributed by atoms with Gasteiger partial charge >= 0.3 is 0 Å². The number of carbonyl (C=O) groups is 2. The van der Waals surface area contributed by atoms with Crippen molar-refractivity contribution in [3.05, 3.63) is 35.1 Å². The van der Waals surface area contributed by atoms with Gasteiger partial charge < -0.3 is 10.4 Å². The van der Waals surface area contributed by atoms with Crippen molar-refractivity contribution in [3.8, 4) is 0 Å². The third-order valence-electron chi connectivity index (χ3n) is 4.13. The second-order valence-corrected chi connectivity index (χ2v) is 6.91. The molecule has 1 aromatic carbocycles. The molecule has 0 fully saturated rings. The summed E-state index contributed by atoms with van der Waals surface area (Å²) in [5.74, 6) is -0.0713. The Kier molecular flexibility index (Phi) is 5.22. The number of amides is 1. The Labute approximate surface area is 142 Å². The molecule has 128 valence electrons. The summed E-state index contributed by atoms with van der Waals surface area (Å²) in [6.45, 7) is 7.56. The first-order valence-corrected chi connectivity index (χ1v) is 8.12. The number of benzene rings is 1. The van der Waals surface area contributed by atoms with Crippen molar-refractivity contribution in [3.63, 3.8) is 0 Å². The summed E-state index contributed by atoms with van der Waals surface area (Å²) in [7, 11) is 0. The van der Waals surface area contributed by atoms with Gasteiger partial charge in [-0.2, -0.15) is 0 Å². The number of hydrogen-bond donors (Lipinski definition) is 2. The molecule has 2 N–H and O–H groups in total. The fourth-order valence-electron chi connectivity index (χ4n) is 2.72. The molecule has 0 saturated carbocycles. The molecule has 0 spiro atoms. The van der Waals surface area contributed by atoms with Crippen LogP contribution in [-0.2, 0) is 9.59 Å². The van der Waals surface area contributed by atoms with E-state index < -0.39 is 0 Å². The minimum atomic E-state index is -0.223. The van der Waals surface area contributed by atoms with Crippen molar-refractivity contribution in [1.82, 2.24) is 0 Å². The lowest BCUT2D eigenvalue weighted by atomic mass is 9.77. The highest BCUT2D eigenvalue weighted by Crippen LogP contribution is 2.35. The van der Waals surface area contributed by atoms with E-state index in [1.54, 1.807) is 13.0 Å². The summed E-state index contributed by atoms with van der Waals surface area (Å²) in [5, 5.41) is 13.0. The summed E-state index contributed by atoms with van der Waals surface area (Å²) in [5.41, 5.74) is 2.22. The minimum Gasteiger partial charge on any atom is -0.511 e. The molecule has 1 aromatic rings. The highest BCUT2D eigenvalue weighted by molar-refractivity contribution is 6.15. The van der Waals surface area contributed by atoms with E-state index in [9.17, 15) is 14.7 Å². The van der Waals surface area contributed by atoms with Crippen LogP contribution in [0.3, 0.4) is 0 Å². The molecule has 1 aliphatic carbocycles. The number of Topliss-reactive ketones (excluding diaryl/α,β-unsaturated/α-hetero) is 1. The first-order chi connectivity index (χ1) is 11.2. The summed E-state index contributed by atoms with van der Waals surface area (Å²) in [6, 6.07) is 5.42. The summed E-state index contributed by atoms with van der Waals surface area (Å²) in [6.07, 6.45) is 2.69. The zero-order valence-electron chi connectivity index (χ0n) is 14.6. The first kappa shape index (κ1) is 17.9. The summed E-state index contributed by atoms with van der Waals surface area (Å²) >= 11 is 0. The van der Waals surface area contributed by atoms with Gasteiger partial charge in [0.05, 0.1) is 11.3 Å². The van der Waals surface area contributed by atoms with Crippen LogP contribution >= 0.6 is 0 Å². The van der Waals surface area contributed by atoms with Gasteiger partial charge in [-0.3, -0.25) is 14.6 Å². The van der Waals surface area contributed by atoms with Crippen LogP contribution in [0.25, 0.3) is 0 Å². The van der Waals surface area contributed by atoms with Crippen LogP contribution in [0.2, 0.25) is 0 Å². The van der Waals surface area contributed by atoms with Crippen molar-refractivity contribution in [2.75, 3.05) is 5.32 Å². The van der Waals surface area contributed by atoms with E-state index in [0.29, 0.717) is 30.6 Å². The van der Waals surface area contributed by atoms with Gasteiger partial charge in [-0.05, 0) is 30.0 Å². The number of aliphatic imine (C=N–C) groups is 1. The number of carbonyl (C=O) groups excluding carboxylic acids is 2. The van der Waals surface area contributed by atoms with Crippen LogP contribution in [0.5, 0.6) is 0 Å². The Bertz CT molecular complexity index is 730. The van der Waals surface area contributed by atoms with E-state index in [0.717, 1.165) is 5.56 Å². The number of hydrogen-bond acceptors (Lipinski definition) is 4. The molecular weight excluding hydrogens is 304 g/mol. The Hall–Kier alpha value is -2.43. The molecule has 0 atom stereocenters. The normalized spacial score (nSPS) is 17.4. The molecule has 1 aliphatic rings. The number of nitrogens with zero attached hydrogens (tertiary/aromatic N) is 1. The first-order valence-electron chi connectivity index (χ1n) is 8.12. The van der Waals surface area contributed by atoms with Crippen molar-refractivity contribution >= 4 is 29.3 Å². The van der Waals surface area contributed by atoms with Gasteiger partial charge in [0, 0.05) is 31.2 Å².